The Kier molecular flexibility index (Phi) is 4.79. The number of fused-ring (bicyclic) bond motifs is 1. The van der Waals surface area contributed by atoms with Crippen LogP contribution in [0.25, 0.3) is 17.0 Å². The standard InChI is InChI=1S/C19H23NO3/c1-3-4-5-14-8-11-17-16(12-14)18(21)23-19(20-17)22-15-9-6-13(2)7-10-15/h4-5,8,11-13,15H,3,6-7,9-10H2,1-2H3. The Morgan fingerprint density at radius 3 is 2.83 bits per heavy atom. The third-order valence-corrected chi connectivity index (χ3v) is 4.41. The largest absolute Gasteiger partial charge is 0.447 e. The average molecular weight is 313 g/mol. The van der Waals surface area contributed by atoms with Gasteiger partial charge in [0, 0.05) is 0 Å². The van der Waals surface area contributed by atoms with E-state index in [1.165, 1.54) is 0 Å². The molecule has 0 saturated heterocycles. The number of nitrogens with zero attached hydrogens (tertiary/aromatic N) is 1. The van der Waals surface area contributed by atoms with Crippen molar-refractivity contribution in [2.45, 2.75) is 52.1 Å². The monoisotopic (exact) mass is 313 g/mol. The summed E-state index contributed by atoms with van der Waals surface area (Å²) < 4.78 is 11.1. The van der Waals surface area contributed by atoms with Gasteiger partial charge in [0.1, 0.15) is 6.10 Å². The molecule has 4 heteroatoms. The quantitative estimate of drug-likeness (QED) is 0.829. The van der Waals surface area contributed by atoms with E-state index in [-0.39, 0.29) is 17.8 Å². The summed E-state index contributed by atoms with van der Waals surface area (Å²) in [6, 6.07) is 5.61. The summed E-state index contributed by atoms with van der Waals surface area (Å²) >= 11 is 0. The number of ether oxygens (including phenoxy) is 1. The van der Waals surface area contributed by atoms with E-state index in [0.29, 0.717) is 10.9 Å². The number of aromatic nitrogens is 1. The minimum atomic E-state index is -0.388. The molecule has 1 saturated carbocycles. The van der Waals surface area contributed by atoms with Crippen molar-refractivity contribution in [2.75, 3.05) is 0 Å². The van der Waals surface area contributed by atoms with Gasteiger partial charge in [-0.2, -0.15) is 4.98 Å². The number of benzene rings is 1. The molecule has 0 atom stereocenters. The van der Waals surface area contributed by atoms with Crippen molar-refractivity contribution in [3.05, 3.63) is 40.3 Å². The van der Waals surface area contributed by atoms with Gasteiger partial charge in [-0.05, 0) is 55.7 Å². The summed E-state index contributed by atoms with van der Waals surface area (Å²) in [7, 11) is 0. The van der Waals surface area contributed by atoms with Crippen LogP contribution < -0.4 is 10.4 Å². The molecular weight excluding hydrogens is 290 g/mol. The summed E-state index contributed by atoms with van der Waals surface area (Å²) in [4.78, 5) is 16.6. The molecule has 1 aromatic carbocycles. The maximum Gasteiger partial charge on any atom is 0.397 e. The van der Waals surface area contributed by atoms with Gasteiger partial charge >= 0.3 is 11.7 Å². The Hall–Kier alpha value is -2.10. The van der Waals surface area contributed by atoms with Crippen LogP contribution in [0.4, 0.5) is 0 Å². The maximum absolute atomic E-state index is 12.2. The Morgan fingerprint density at radius 2 is 2.09 bits per heavy atom. The highest BCUT2D eigenvalue weighted by Crippen LogP contribution is 2.26. The van der Waals surface area contributed by atoms with E-state index in [9.17, 15) is 4.79 Å². The van der Waals surface area contributed by atoms with Gasteiger partial charge in [0.2, 0.25) is 0 Å². The molecule has 0 spiro atoms. The Balaban J connectivity index is 1.83. The molecule has 4 nitrogen and oxygen atoms in total. The molecule has 1 aliphatic rings. The first-order valence-corrected chi connectivity index (χ1v) is 8.44. The number of rotatable bonds is 4. The predicted molar refractivity (Wildman–Crippen MR) is 91.7 cm³/mol. The first-order valence-electron chi connectivity index (χ1n) is 8.44. The van der Waals surface area contributed by atoms with Crippen LogP contribution in [-0.2, 0) is 0 Å². The Bertz CT molecular complexity index is 755. The molecule has 0 unspecified atom stereocenters. The lowest BCUT2D eigenvalue weighted by Gasteiger charge is -2.25. The molecule has 0 bridgehead atoms. The van der Waals surface area contributed by atoms with E-state index < -0.39 is 0 Å². The van der Waals surface area contributed by atoms with E-state index in [1.807, 2.05) is 24.3 Å². The molecule has 122 valence electrons. The summed E-state index contributed by atoms with van der Waals surface area (Å²) in [5, 5.41) is 0.493. The summed E-state index contributed by atoms with van der Waals surface area (Å²) in [5.41, 5.74) is 1.21. The minimum Gasteiger partial charge on any atom is -0.447 e. The molecular formula is C19H23NO3. The van der Waals surface area contributed by atoms with Crippen molar-refractivity contribution >= 4 is 17.0 Å². The number of hydrogen-bond acceptors (Lipinski definition) is 4. The van der Waals surface area contributed by atoms with Crippen molar-refractivity contribution in [1.82, 2.24) is 4.98 Å². The molecule has 2 aromatic rings. The Labute approximate surface area is 136 Å². The zero-order valence-electron chi connectivity index (χ0n) is 13.7. The summed E-state index contributed by atoms with van der Waals surface area (Å²) in [6.45, 7) is 4.33. The van der Waals surface area contributed by atoms with Crippen LogP contribution in [0.15, 0.2) is 33.5 Å². The molecule has 0 radical (unpaired) electrons. The van der Waals surface area contributed by atoms with Crippen LogP contribution in [-0.4, -0.2) is 11.1 Å². The van der Waals surface area contributed by atoms with Crippen molar-refractivity contribution in [3.8, 4) is 6.08 Å². The lowest BCUT2D eigenvalue weighted by atomic mass is 9.89. The van der Waals surface area contributed by atoms with Crippen molar-refractivity contribution < 1.29 is 9.15 Å². The molecule has 3 rings (SSSR count). The van der Waals surface area contributed by atoms with Crippen LogP contribution in [0.5, 0.6) is 6.08 Å². The molecule has 1 heterocycles. The number of allylic oxidation sites excluding steroid dienone is 1. The first kappa shape index (κ1) is 15.8. The summed E-state index contributed by atoms with van der Waals surface area (Å²) in [6.07, 6.45) is 9.48. The zero-order chi connectivity index (χ0) is 16.2. The maximum atomic E-state index is 12.2. The summed E-state index contributed by atoms with van der Waals surface area (Å²) in [5.74, 6) is 0.751. The van der Waals surface area contributed by atoms with Crippen LogP contribution >= 0.6 is 0 Å². The smallest absolute Gasteiger partial charge is 0.397 e. The van der Waals surface area contributed by atoms with Gasteiger partial charge in [-0.1, -0.05) is 32.1 Å². The highest BCUT2D eigenvalue weighted by molar-refractivity contribution is 5.80. The first-order chi connectivity index (χ1) is 11.2. The fourth-order valence-corrected chi connectivity index (χ4v) is 2.97. The van der Waals surface area contributed by atoms with Crippen LogP contribution in [0.3, 0.4) is 0 Å². The third kappa shape index (κ3) is 3.81. The van der Waals surface area contributed by atoms with Gasteiger partial charge < -0.3 is 9.15 Å². The van der Waals surface area contributed by atoms with Gasteiger partial charge in [-0.15, -0.1) is 0 Å². The topological polar surface area (TPSA) is 52.3 Å². The van der Waals surface area contributed by atoms with Gasteiger partial charge in [0.05, 0.1) is 10.9 Å². The number of hydrogen-bond donors (Lipinski definition) is 0. The lowest BCUT2D eigenvalue weighted by molar-refractivity contribution is 0.0939. The van der Waals surface area contributed by atoms with Gasteiger partial charge in [0.25, 0.3) is 0 Å². The molecule has 0 aliphatic heterocycles. The fraction of sp³-hybridized carbons (Fsp3) is 0.474. The normalized spacial score (nSPS) is 21.8. The highest BCUT2D eigenvalue weighted by Gasteiger charge is 2.21. The Morgan fingerprint density at radius 1 is 1.30 bits per heavy atom. The van der Waals surface area contributed by atoms with Crippen molar-refractivity contribution in [1.29, 1.82) is 0 Å². The van der Waals surface area contributed by atoms with E-state index in [4.69, 9.17) is 9.15 Å². The van der Waals surface area contributed by atoms with Crippen LogP contribution in [0.2, 0.25) is 0 Å². The van der Waals surface area contributed by atoms with Crippen molar-refractivity contribution in [2.24, 2.45) is 5.92 Å². The van der Waals surface area contributed by atoms with Crippen LogP contribution in [0.1, 0.15) is 51.5 Å². The van der Waals surface area contributed by atoms with Crippen LogP contribution in [0, 0.1) is 5.92 Å². The van der Waals surface area contributed by atoms with E-state index in [0.717, 1.165) is 43.6 Å². The van der Waals surface area contributed by atoms with Gasteiger partial charge in [-0.25, -0.2) is 4.79 Å². The minimum absolute atomic E-state index is 0.0962. The van der Waals surface area contributed by atoms with E-state index >= 15 is 0 Å². The fourth-order valence-electron chi connectivity index (χ4n) is 2.97. The second kappa shape index (κ2) is 6.99. The van der Waals surface area contributed by atoms with E-state index in [1.54, 1.807) is 0 Å². The van der Waals surface area contributed by atoms with E-state index in [2.05, 4.69) is 24.9 Å². The van der Waals surface area contributed by atoms with Crippen molar-refractivity contribution in [3.63, 3.8) is 0 Å². The second-order valence-electron chi connectivity index (χ2n) is 6.35. The van der Waals surface area contributed by atoms with Gasteiger partial charge in [0.15, 0.2) is 0 Å². The highest BCUT2D eigenvalue weighted by atomic mass is 16.6. The molecule has 1 aliphatic carbocycles. The third-order valence-electron chi connectivity index (χ3n) is 4.41. The SMILES string of the molecule is CCC=Cc1ccc2nc(OC3CCC(C)CC3)oc(=O)c2c1. The molecule has 1 aromatic heterocycles. The zero-order valence-corrected chi connectivity index (χ0v) is 13.7. The second-order valence-corrected chi connectivity index (χ2v) is 6.35. The van der Waals surface area contributed by atoms with Gasteiger partial charge in [-0.3, -0.25) is 0 Å². The lowest BCUT2D eigenvalue weighted by Crippen LogP contribution is -2.24. The average Bonchev–Trinajstić information content (AvgIpc) is 2.55. The molecule has 0 amide bonds. The molecule has 1 fully saturated rings. The predicted octanol–water partition coefficient (Wildman–Crippen LogP) is 4.57. The molecule has 23 heavy (non-hydrogen) atoms. The molecule has 0 N–H and O–H groups in total.